The number of fused-ring (bicyclic) bond motifs is 1. The minimum atomic E-state index is -4.57. The molecule has 10 nitrogen and oxygen atoms in total. The summed E-state index contributed by atoms with van der Waals surface area (Å²) in [6.07, 6.45) is 2.33. The number of rotatable bonds is 13. The van der Waals surface area contributed by atoms with Crippen molar-refractivity contribution in [3.8, 4) is 22.6 Å². The van der Waals surface area contributed by atoms with Crippen LogP contribution in [0.25, 0.3) is 33.8 Å². The van der Waals surface area contributed by atoms with Crippen LogP contribution in [-0.2, 0) is 15.7 Å². The number of carboxylic acid groups (broad SMARTS) is 1. The average molecular weight is 706 g/mol. The van der Waals surface area contributed by atoms with Gasteiger partial charge in [0.2, 0.25) is 0 Å². The molecule has 3 aliphatic rings. The van der Waals surface area contributed by atoms with E-state index in [9.17, 15) is 18.0 Å². The molecule has 4 heterocycles. The number of nitrogens with one attached hydrogen (secondary N) is 1. The molecule has 51 heavy (non-hydrogen) atoms. The third-order valence-corrected chi connectivity index (χ3v) is 10.7. The van der Waals surface area contributed by atoms with E-state index in [1.54, 1.807) is 13.2 Å². The van der Waals surface area contributed by atoms with E-state index in [0.29, 0.717) is 41.5 Å². The summed E-state index contributed by atoms with van der Waals surface area (Å²) in [6.45, 7) is 5.64. The first kappa shape index (κ1) is 35.2. The first-order valence-electron chi connectivity index (χ1n) is 18.0. The Labute approximate surface area is 296 Å². The number of ether oxygens (including phenoxy) is 1. The van der Waals surface area contributed by atoms with E-state index in [1.807, 2.05) is 25.2 Å². The van der Waals surface area contributed by atoms with Crippen molar-refractivity contribution in [2.45, 2.75) is 63.5 Å². The lowest BCUT2D eigenvalue weighted by molar-refractivity contribution is -0.141. The Morgan fingerprint density at radius 1 is 1.02 bits per heavy atom. The van der Waals surface area contributed by atoms with E-state index < -0.39 is 17.8 Å². The van der Waals surface area contributed by atoms with Gasteiger partial charge in [0.15, 0.2) is 5.65 Å². The van der Waals surface area contributed by atoms with Crippen LogP contribution in [-0.4, -0.2) is 95.9 Å². The Kier molecular flexibility index (Phi) is 9.95. The summed E-state index contributed by atoms with van der Waals surface area (Å²) < 4.78 is 47.8. The summed E-state index contributed by atoms with van der Waals surface area (Å²) >= 11 is 0. The maximum atomic E-state index is 14.0. The highest BCUT2D eigenvalue weighted by Crippen LogP contribution is 2.44. The number of aromatic nitrogens is 4. The summed E-state index contributed by atoms with van der Waals surface area (Å²) in [6, 6.07) is 13.0. The number of pyridine rings is 2. The van der Waals surface area contributed by atoms with E-state index in [0.717, 1.165) is 106 Å². The first-order valence-corrected chi connectivity index (χ1v) is 18.0. The minimum Gasteiger partial charge on any atom is -0.481 e. The van der Waals surface area contributed by atoms with Gasteiger partial charge in [-0.05, 0) is 81.1 Å². The topological polar surface area (TPSA) is 111 Å². The van der Waals surface area contributed by atoms with Crippen LogP contribution in [0, 0.1) is 5.41 Å². The van der Waals surface area contributed by atoms with E-state index in [2.05, 4.69) is 36.8 Å². The molecule has 2 saturated carbocycles. The molecule has 1 aromatic carbocycles. The Hall–Kier alpha value is -4.23. The van der Waals surface area contributed by atoms with Gasteiger partial charge >= 0.3 is 12.1 Å². The van der Waals surface area contributed by atoms with Crippen molar-refractivity contribution in [2.24, 2.45) is 5.41 Å². The van der Waals surface area contributed by atoms with E-state index in [4.69, 9.17) is 19.8 Å². The summed E-state index contributed by atoms with van der Waals surface area (Å²) in [5.41, 5.74) is 4.36. The van der Waals surface area contributed by atoms with Crippen LogP contribution in [0.2, 0.25) is 0 Å². The van der Waals surface area contributed by atoms with Gasteiger partial charge in [-0.1, -0.05) is 12.8 Å². The predicted octanol–water partition coefficient (Wildman–Crippen LogP) is 7.21. The zero-order chi connectivity index (χ0) is 35.8. The lowest BCUT2D eigenvalue weighted by Crippen LogP contribution is -2.46. The van der Waals surface area contributed by atoms with Crippen molar-refractivity contribution in [2.75, 3.05) is 69.8 Å². The molecule has 272 valence electrons. The van der Waals surface area contributed by atoms with Crippen LogP contribution in [0.5, 0.6) is 0 Å². The maximum absolute atomic E-state index is 14.0. The van der Waals surface area contributed by atoms with E-state index in [-0.39, 0.29) is 17.8 Å². The molecule has 0 radical (unpaired) electrons. The van der Waals surface area contributed by atoms with Crippen LogP contribution < -0.4 is 9.80 Å². The molecule has 0 spiro atoms. The van der Waals surface area contributed by atoms with Crippen LogP contribution in [0.15, 0.2) is 42.5 Å². The highest BCUT2D eigenvalue weighted by molar-refractivity contribution is 5.91. The highest BCUT2D eigenvalue weighted by Gasteiger charge is 2.37. The fourth-order valence-corrected chi connectivity index (χ4v) is 7.87. The number of aromatic amines is 1. The molecule has 1 aliphatic heterocycles. The number of aliphatic carboxylic acids is 1. The number of halogens is 3. The molecule has 0 amide bonds. The fraction of sp³-hybridized carbons (Fsp3) is 0.526. The Morgan fingerprint density at radius 2 is 1.75 bits per heavy atom. The number of H-pyrrole nitrogens is 1. The van der Waals surface area contributed by atoms with Gasteiger partial charge in [-0.15, -0.1) is 0 Å². The fourth-order valence-electron chi connectivity index (χ4n) is 7.87. The summed E-state index contributed by atoms with van der Waals surface area (Å²) in [5.74, 6) is -0.0790. The van der Waals surface area contributed by atoms with Gasteiger partial charge in [0.05, 0.1) is 18.0 Å². The molecule has 0 unspecified atom stereocenters. The van der Waals surface area contributed by atoms with Gasteiger partial charge in [-0.3, -0.25) is 9.69 Å². The number of methoxy groups -OCH3 is 1. The normalized spacial score (nSPS) is 18.1. The van der Waals surface area contributed by atoms with Crippen LogP contribution >= 0.6 is 0 Å². The quantitative estimate of drug-likeness (QED) is 0.149. The van der Waals surface area contributed by atoms with Crippen molar-refractivity contribution >= 4 is 28.5 Å². The Morgan fingerprint density at radius 3 is 2.39 bits per heavy atom. The van der Waals surface area contributed by atoms with Crippen molar-refractivity contribution in [1.82, 2.24) is 24.8 Å². The molecule has 3 fully saturated rings. The molecule has 7 rings (SSSR count). The van der Waals surface area contributed by atoms with Crippen LogP contribution in [0.3, 0.4) is 0 Å². The summed E-state index contributed by atoms with van der Waals surface area (Å²) in [4.78, 5) is 35.0. The van der Waals surface area contributed by atoms with Crippen molar-refractivity contribution < 1.29 is 27.8 Å². The second-order valence-electron chi connectivity index (χ2n) is 14.6. The minimum absolute atomic E-state index is 0.0127. The molecule has 2 aliphatic carbocycles. The summed E-state index contributed by atoms with van der Waals surface area (Å²) in [5, 5.41) is 8.94. The van der Waals surface area contributed by atoms with Crippen LogP contribution in [0.1, 0.15) is 68.7 Å². The monoisotopic (exact) mass is 705 g/mol. The van der Waals surface area contributed by atoms with Gasteiger partial charge in [-0.2, -0.15) is 13.2 Å². The standard InChI is InChI=1S/C38H46F3N7O3/c1-46(23-37(24-51-2)13-3-4-14-37)31-22-30(27-20-29(25-7-8-25)42-32(21-27)38(39,40)41)43-36-34(31)44-35(45-36)26-9-11-28(12-10-26)48-18-16-47(17-19-48)15-5-6-33(49)50/h9-12,20-22,25H,3-8,13-19,23-24H2,1-2H3,(H,49,50)(H,43,44,45). The Balaban J connectivity index is 1.20. The van der Waals surface area contributed by atoms with Crippen molar-refractivity contribution in [1.29, 1.82) is 0 Å². The number of hydrogen-bond donors (Lipinski definition) is 2. The summed E-state index contributed by atoms with van der Waals surface area (Å²) in [7, 11) is 3.76. The lowest BCUT2D eigenvalue weighted by Gasteiger charge is -2.36. The predicted molar refractivity (Wildman–Crippen MR) is 191 cm³/mol. The number of carboxylic acids is 1. The maximum Gasteiger partial charge on any atom is 0.433 e. The number of alkyl halides is 3. The number of piperazine rings is 1. The number of hydrogen-bond acceptors (Lipinski definition) is 8. The second kappa shape index (κ2) is 14.4. The molecule has 13 heteroatoms. The zero-order valence-electron chi connectivity index (χ0n) is 29.3. The second-order valence-corrected chi connectivity index (χ2v) is 14.6. The highest BCUT2D eigenvalue weighted by atomic mass is 19.4. The first-order chi connectivity index (χ1) is 24.5. The lowest BCUT2D eigenvalue weighted by atomic mass is 9.86. The largest absolute Gasteiger partial charge is 0.481 e. The SMILES string of the molecule is COCC1(CN(C)c2cc(-c3cc(C4CC4)nc(C(F)(F)F)c3)nc3nc(-c4ccc(N5CCN(CCCC(=O)O)CC5)cc4)[nH]c23)CCCC1. The number of anilines is 2. The van der Waals surface area contributed by atoms with Gasteiger partial charge in [0, 0.05) is 87.1 Å². The molecular weight excluding hydrogens is 659 g/mol. The third kappa shape index (κ3) is 7.99. The molecule has 0 atom stereocenters. The van der Waals surface area contributed by atoms with Gasteiger partial charge < -0.3 is 24.6 Å². The number of imidazole rings is 1. The van der Waals surface area contributed by atoms with Gasteiger partial charge in [-0.25, -0.2) is 15.0 Å². The smallest absolute Gasteiger partial charge is 0.433 e. The number of nitrogens with zero attached hydrogens (tertiary/aromatic N) is 6. The number of benzene rings is 1. The van der Waals surface area contributed by atoms with Gasteiger partial charge in [0.25, 0.3) is 0 Å². The third-order valence-electron chi connectivity index (χ3n) is 10.7. The van der Waals surface area contributed by atoms with Gasteiger partial charge in [0.1, 0.15) is 17.0 Å². The molecule has 0 bridgehead atoms. The molecule has 3 aromatic heterocycles. The zero-order valence-corrected chi connectivity index (χ0v) is 29.3. The van der Waals surface area contributed by atoms with E-state index >= 15 is 0 Å². The molecular formula is C38H46F3N7O3. The van der Waals surface area contributed by atoms with Crippen LogP contribution in [0.4, 0.5) is 24.5 Å². The van der Waals surface area contributed by atoms with E-state index in [1.165, 1.54) is 0 Å². The molecule has 2 N–H and O–H groups in total. The molecule has 1 saturated heterocycles. The average Bonchev–Trinajstić information content (AvgIpc) is 3.72. The Bertz CT molecular complexity index is 1840. The van der Waals surface area contributed by atoms with Crippen molar-refractivity contribution in [3.63, 3.8) is 0 Å². The molecule has 4 aromatic rings. The number of carbonyl (C=O) groups is 1. The van der Waals surface area contributed by atoms with Crippen molar-refractivity contribution in [3.05, 3.63) is 53.9 Å².